The first kappa shape index (κ1) is 9.03. The van der Waals surface area contributed by atoms with Crippen LogP contribution in [-0.4, -0.2) is 9.97 Å². The molecule has 0 aliphatic heterocycles. The Morgan fingerprint density at radius 2 is 1.73 bits per heavy atom. The fraction of sp³-hybridized carbons (Fsp3) is 0. The monoisotopic (exact) mass is 306 g/mol. The molecule has 0 bridgehead atoms. The van der Waals surface area contributed by atoms with Crippen LogP contribution in [0.15, 0.2) is 42.6 Å². The zero-order chi connectivity index (χ0) is 10.3. The average molecular weight is 306 g/mol. The summed E-state index contributed by atoms with van der Waals surface area (Å²) >= 11 is 2.36. The van der Waals surface area contributed by atoms with Crippen molar-refractivity contribution < 1.29 is 0 Å². The number of aromatic nitrogens is 2. The van der Waals surface area contributed by atoms with Gasteiger partial charge in [-0.3, -0.25) is 0 Å². The zero-order valence-corrected chi connectivity index (χ0v) is 9.97. The van der Waals surface area contributed by atoms with Crippen molar-refractivity contribution in [3.63, 3.8) is 0 Å². The topological polar surface area (TPSA) is 25.8 Å². The summed E-state index contributed by atoms with van der Waals surface area (Å²) in [6, 6.07) is 12.2. The Hall–Kier alpha value is -1.23. The van der Waals surface area contributed by atoms with Crippen LogP contribution in [0, 0.1) is 3.57 Å². The summed E-state index contributed by atoms with van der Waals surface area (Å²) < 4.78 is 1.22. The summed E-state index contributed by atoms with van der Waals surface area (Å²) in [5, 5.41) is 2.32. The van der Waals surface area contributed by atoms with Gasteiger partial charge in [-0.15, -0.1) is 0 Å². The lowest BCUT2D eigenvalue weighted by molar-refractivity contribution is 1.32. The SMILES string of the molecule is Ic1c2ccccc2nc2ncccc12. The highest BCUT2D eigenvalue weighted by molar-refractivity contribution is 14.1. The molecular formula is C12H7IN2. The molecule has 2 heterocycles. The van der Waals surface area contributed by atoms with Gasteiger partial charge in [-0.05, 0) is 40.8 Å². The molecule has 2 aromatic heterocycles. The molecule has 0 radical (unpaired) electrons. The molecule has 0 atom stereocenters. The summed E-state index contributed by atoms with van der Waals surface area (Å²) in [4.78, 5) is 8.80. The zero-order valence-electron chi connectivity index (χ0n) is 7.81. The lowest BCUT2D eigenvalue weighted by Crippen LogP contribution is -1.88. The fourth-order valence-corrected chi connectivity index (χ4v) is 2.55. The molecule has 0 N–H and O–H groups in total. The Labute approximate surface area is 100 Å². The fourth-order valence-electron chi connectivity index (χ4n) is 1.67. The van der Waals surface area contributed by atoms with E-state index >= 15 is 0 Å². The smallest absolute Gasteiger partial charge is 0.160 e. The Morgan fingerprint density at radius 1 is 0.933 bits per heavy atom. The first-order valence-electron chi connectivity index (χ1n) is 4.65. The molecule has 3 rings (SSSR count). The van der Waals surface area contributed by atoms with E-state index in [4.69, 9.17) is 0 Å². The van der Waals surface area contributed by atoms with Gasteiger partial charge in [-0.25, -0.2) is 9.97 Å². The third-order valence-electron chi connectivity index (χ3n) is 2.39. The largest absolute Gasteiger partial charge is 0.237 e. The maximum absolute atomic E-state index is 4.52. The Balaban J connectivity index is 2.60. The van der Waals surface area contributed by atoms with Crippen molar-refractivity contribution in [1.82, 2.24) is 9.97 Å². The van der Waals surface area contributed by atoms with Crippen LogP contribution in [0.1, 0.15) is 0 Å². The number of halogens is 1. The van der Waals surface area contributed by atoms with E-state index < -0.39 is 0 Å². The number of para-hydroxylation sites is 1. The minimum atomic E-state index is 0.820. The van der Waals surface area contributed by atoms with Crippen LogP contribution >= 0.6 is 22.6 Å². The van der Waals surface area contributed by atoms with E-state index in [9.17, 15) is 0 Å². The van der Waals surface area contributed by atoms with Gasteiger partial charge in [0.25, 0.3) is 0 Å². The van der Waals surface area contributed by atoms with Crippen LogP contribution < -0.4 is 0 Å². The highest BCUT2D eigenvalue weighted by atomic mass is 127. The molecule has 1 aromatic carbocycles. The third-order valence-corrected chi connectivity index (χ3v) is 3.55. The van der Waals surface area contributed by atoms with Crippen molar-refractivity contribution in [2.24, 2.45) is 0 Å². The number of fused-ring (bicyclic) bond motifs is 2. The van der Waals surface area contributed by atoms with Gasteiger partial charge in [-0.1, -0.05) is 18.2 Å². The van der Waals surface area contributed by atoms with Crippen molar-refractivity contribution in [2.75, 3.05) is 0 Å². The molecule has 0 fully saturated rings. The highest BCUT2D eigenvalue weighted by Crippen LogP contribution is 2.25. The third kappa shape index (κ3) is 1.38. The van der Waals surface area contributed by atoms with Crippen molar-refractivity contribution in [1.29, 1.82) is 0 Å². The lowest BCUT2D eigenvalue weighted by atomic mass is 10.2. The molecule has 0 spiro atoms. The molecule has 15 heavy (non-hydrogen) atoms. The van der Waals surface area contributed by atoms with E-state index in [0.29, 0.717) is 0 Å². The predicted octanol–water partition coefficient (Wildman–Crippen LogP) is 3.39. The van der Waals surface area contributed by atoms with Gasteiger partial charge in [0.05, 0.1) is 5.52 Å². The van der Waals surface area contributed by atoms with Gasteiger partial charge in [0.2, 0.25) is 0 Å². The number of hydrogen-bond acceptors (Lipinski definition) is 2. The van der Waals surface area contributed by atoms with Gasteiger partial charge in [0.1, 0.15) is 0 Å². The molecule has 72 valence electrons. The maximum atomic E-state index is 4.52. The molecule has 0 saturated heterocycles. The number of pyridine rings is 2. The first-order chi connectivity index (χ1) is 7.36. The van der Waals surface area contributed by atoms with E-state index in [-0.39, 0.29) is 0 Å². The highest BCUT2D eigenvalue weighted by Gasteiger charge is 2.05. The van der Waals surface area contributed by atoms with Crippen LogP contribution in [0.3, 0.4) is 0 Å². The van der Waals surface area contributed by atoms with Crippen molar-refractivity contribution >= 4 is 44.5 Å². The Bertz CT molecular complexity index is 595. The van der Waals surface area contributed by atoms with Crippen LogP contribution in [0.5, 0.6) is 0 Å². The average Bonchev–Trinajstić information content (AvgIpc) is 2.30. The molecule has 0 aliphatic carbocycles. The second-order valence-electron chi connectivity index (χ2n) is 3.32. The minimum Gasteiger partial charge on any atom is -0.237 e. The maximum Gasteiger partial charge on any atom is 0.160 e. The van der Waals surface area contributed by atoms with E-state index in [1.165, 1.54) is 8.96 Å². The molecule has 3 heteroatoms. The van der Waals surface area contributed by atoms with Gasteiger partial charge in [-0.2, -0.15) is 0 Å². The van der Waals surface area contributed by atoms with Gasteiger partial charge in [0.15, 0.2) is 5.65 Å². The van der Waals surface area contributed by atoms with E-state index in [1.807, 2.05) is 24.3 Å². The summed E-state index contributed by atoms with van der Waals surface area (Å²) in [6.07, 6.45) is 1.78. The van der Waals surface area contributed by atoms with E-state index in [1.54, 1.807) is 6.20 Å². The summed E-state index contributed by atoms with van der Waals surface area (Å²) in [6.45, 7) is 0. The Morgan fingerprint density at radius 3 is 2.67 bits per heavy atom. The minimum absolute atomic E-state index is 0.820. The first-order valence-corrected chi connectivity index (χ1v) is 5.73. The van der Waals surface area contributed by atoms with Crippen molar-refractivity contribution in [3.8, 4) is 0 Å². The number of benzene rings is 1. The lowest BCUT2D eigenvalue weighted by Gasteiger charge is -2.03. The van der Waals surface area contributed by atoms with E-state index in [2.05, 4.69) is 44.7 Å². The molecule has 0 unspecified atom stereocenters. The molecular weight excluding hydrogens is 299 g/mol. The summed E-state index contributed by atoms with van der Waals surface area (Å²) in [5.74, 6) is 0. The second-order valence-corrected chi connectivity index (χ2v) is 4.40. The summed E-state index contributed by atoms with van der Waals surface area (Å²) in [5.41, 5.74) is 1.83. The van der Waals surface area contributed by atoms with Crippen LogP contribution in [0.2, 0.25) is 0 Å². The summed E-state index contributed by atoms with van der Waals surface area (Å²) in [7, 11) is 0. The van der Waals surface area contributed by atoms with Crippen molar-refractivity contribution in [2.45, 2.75) is 0 Å². The Kier molecular flexibility index (Phi) is 2.05. The van der Waals surface area contributed by atoms with Gasteiger partial charge in [0, 0.05) is 20.5 Å². The predicted molar refractivity (Wildman–Crippen MR) is 69.8 cm³/mol. The number of rotatable bonds is 0. The normalized spacial score (nSPS) is 11.0. The number of hydrogen-bond donors (Lipinski definition) is 0. The molecule has 3 aromatic rings. The quantitative estimate of drug-likeness (QED) is 0.470. The van der Waals surface area contributed by atoms with Crippen LogP contribution in [-0.2, 0) is 0 Å². The molecule has 0 amide bonds. The van der Waals surface area contributed by atoms with Gasteiger partial charge < -0.3 is 0 Å². The molecule has 0 aliphatic rings. The van der Waals surface area contributed by atoms with E-state index in [0.717, 1.165) is 16.6 Å². The standard InChI is InChI=1S/C12H7IN2/c13-11-8-4-1-2-6-10(8)15-12-9(11)5-3-7-14-12/h1-7H. The van der Waals surface area contributed by atoms with Crippen LogP contribution in [0.4, 0.5) is 0 Å². The van der Waals surface area contributed by atoms with Crippen molar-refractivity contribution in [3.05, 3.63) is 46.2 Å². The molecule has 0 saturated carbocycles. The molecule has 2 nitrogen and oxygen atoms in total. The van der Waals surface area contributed by atoms with Crippen LogP contribution in [0.25, 0.3) is 21.9 Å². The number of nitrogens with zero attached hydrogens (tertiary/aromatic N) is 2. The van der Waals surface area contributed by atoms with Gasteiger partial charge >= 0.3 is 0 Å². The second kappa shape index (κ2) is 3.41.